The molecule has 1 saturated heterocycles. The summed E-state index contributed by atoms with van der Waals surface area (Å²) < 4.78 is 13.3. The largest absolute Gasteiger partial charge is 0.497 e. The lowest BCUT2D eigenvalue weighted by atomic mass is 10.1. The van der Waals surface area contributed by atoms with E-state index in [2.05, 4.69) is 0 Å². The first-order valence-corrected chi connectivity index (χ1v) is 9.77. The standard InChI is InChI=1S/C22H23ClN2O3/c1-24-14-20(19-13-18(27-2)7-8-21(19)24)22(26)25-11-9-17(10-12-25)28-16-5-3-15(23)4-6-16/h3-8,13-14,17H,9-12H2,1-2H3. The van der Waals surface area contributed by atoms with Crippen LogP contribution in [0.3, 0.4) is 0 Å². The van der Waals surface area contributed by atoms with Crippen molar-refractivity contribution in [2.75, 3.05) is 20.2 Å². The van der Waals surface area contributed by atoms with Crippen LogP contribution < -0.4 is 9.47 Å². The molecule has 28 heavy (non-hydrogen) atoms. The average Bonchev–Trinajstić information content (AvgIpc) is 3.05. The van der Waals surface area contributed by atoms with Gasteiger partial charge in [-0.05, 0) is 42.5 Å². The van der Waals surface area contributed by atoms with Crippen LogP contribution in [0.2, 0.25) is 5.02 Å². The molecule has 0 atom stereocenters. The minimum Gasteiger partial charge on any atom is -0.497 e. The fraction of sp³-hybridized carbons (Fsp3) is 0.318. The zero-order valence-corrected chi connectivity index (χ0v) is 16.8. The third-order valence-corrected chi connectivity index (χ3v) is 5.52. The molecule has 0 spiro atoms. The van der Waals surface area contributed by atoms with Gasteiger partial charge in [-0.1, -0.05) is 11.6 Å². The van der Waals surface area contributed by atoms with Gasteiger partial charge in [0.1, 0.15) is 17.6 Å². The van der Waals surface area contributed by atoms with E-state index < -0.39 is 0 Å². The van der Waals surface area contributed by atoms with Crippen LogP contribution >= 0.6 is 11.6 Å². The van der Waals surface area contributed by atoms with Gasteiger partial charge in [0, 0.05) is 55.1 Å². The number of piperidine rings is 1. The normalized spacial score (nSPS) is 15.0. The molecule has 0 aliphatic carbocycles. The van der Waals surface area contributed by atoms with Crippen molar-refractivity contribution in [1.82, 2.24) is 9.47 Å². The minimum absolute atomic E-state index is 0.0591. The highest BCUT2D eigenvalue weighted by atomic mass is 35.5. The number of fused-ring (bicyclic) bond motifs is 1. The predicted octanol–water partition coefficient (Wildman–Crippen LogP) is 4.52. The topological polar surface area (TPSA) is 43.7 Å². The fourth-order valence-electron chi connectivity index (χ4n) is 3.72. The van der Waals surface area contributed by atoms with Gasteiger partial charge >= 0.3 is 0 Å². The molecular weight excluding hydrogens is 376 g/mol. The van der Waals surface area contributed by atoms with E-state index in [4.69, 9.17) is 21.1 Å². The molecule has 3 aromatic rings. The highest BCUT2D eigenvalue weighted by molar-refractivity contribution is 6.30. The Morgan fingerprint density at radius 3 is 2.43 bits per heavy atom. The van der Waals surface area contributed by atoms with E-state index in [0.717, 1.165) is 35.2 Å². The van der Waals surface area contributed by atoms with E-state index in [9.17, 15) is 4.79 Å². The van der Waals surface area contributed by atoms with E-state index in [1.807, 2.05) is 65.2 Å². The molecule has 4 rings (SSSR count). The summed E-state index contributed by atoms with van der Waals surface area (Å²) >= 11 is 5.92. The number of methoxy groups -OCH3 is 1. The minimum atomic E-state index is 0.0591. The number of ether oxygens (including phenoxy) is 2. The van der Waals surface area contributed by atoms with Gasteiger partial charge < -0.3 is 18.9 Å². The van der Waals surface area contributed by atoms with Crippen LogP contribution in [0.15, 0.2) is 48.7 Å². The van der Waals surface area contributed by atoms with Crippen LogP contribution in [-0.4, -0.2) is 41.7 Å². The Labute approximate surface area is 169 Å². The summed E-state index contributed by atoms with van der Waals surface area (Å²) in [5.74, 6) is 1.63. The molecule has 5 nitrogen and oxygen atoms in total. The van der Waals surface area contributed by atoms with Gasteiger partial charge in [0.2, 0.25) is 0 Å². The number of likely N-dealkylation sites (tertiary alicyclic amines) is 1. The van der Waals surface area contributed by atoms with Crippen molar-refractivity contribution in [3.05, 3.63) is 59.2 Å². The lowest BCUT2D eigenvalue weighted by Gasteiger charge is -2.32. The van der Waals surface area contributed by atoms with Gasteiger partial charge in [0.15, 0.2) is 0 Å². The number of nitrogens with zero attached hydrogens (tertiary/aromatic N) is 2. The summed E-state index contributed by atoms with van der Waals surface area (Å²) in [4.78, 5) is 15.1. The van der Waals surface area contributed by atoms with E-state index in [1.165, 1.54) is 0 Å². The number of halogens is 1. The first-order chi connectivity index (χ1) is 13.5. The summed E-state index contributed by atoms with van der Waals surface area (Å²) in [6.45, 7) is 1.36. The highest BCUT2D eigenvalue weighted by Crippen LogP contribution is 2.28. The zero-order chi connectivity index (χ0) is 19.7. The number of hydrogen-bond donors (Lipinski definition) is 0. The number of hydrogen-bond acceptors (Lipinski definition) is 3. The summed E-state index contributed by atoms with van der Waals surface area (Å²) in [6.07, 6.45) is 3.63. The predicted molar refractivity (Wildman–Crippen MR) is 110 cm³/mol. The molecule has 0 N–H and O–H groups in total. The summed E-state index contributed by atoms with van der Waals surface area (Å²) in [6, 6.07) is 13.2. The molecule has 2 heterocycles. The molecule has 1 aromatic heterocycles. The van der Waals surface area contributed by atoms with Gasteiger partial charge in [-0.3, -0.25) is 4.79 Å². The van der Waals surface area contributed by atoms with Crippen molar-refractivity contribution in [2.45, 2.75) is 18.9 Å². The molecule has 0 saturated carbocycles. The van der Waals surface area contributed by atoms with Crippen molar-refractivity contribution in [2.24, 2.45) is 7.05 Å². The summed E-state index contributed by atoms with van der Waals surface area (Å²) in [5.41, 5.74) is 1.73. The second kappa shape index (κ2) is 7.76. The molecule has 2 aromatic carbocycles. The maximum atomic E-state index is 13.1. The van der Waals surface area contributed by atoms with Crippen molar-refractivity contribution >= 4 is 28.4 Å². The molecule has 1 amide bonds. The summed E-state index contributed by atoms with van der Waals surface area (Å²) in [7, 11) is 3.59. The van der Waals surface area contributed by atoms with Crippen LogP contribution in [0.4, 0.5) is 0 Å². The molecular formula is C22H23ClN2O3. The summed E-state index contributed by atoms with van der Waals surface area (Å²) in [5, 5.41) is 1.62. The fourth-order valence-corrected chi connectivity index (χ4v) is 3.85. The quantitative estimate of drug-likeness (QED) is 0.648. The molecule has 1 aliphatic rings. The van der Waals surface area contributed by atoms with Crippen LogP contribution in [0.1, 0.15) is 23.2 Å². The Morgan fingerprint density at radius 2 is 1.75 bits per heavy atom. The SMILES string of the molecule is COc1ccc2c(c1)c(C(=O)N1CCC(Oc3ccc(Cl)cc3)CC1)cn2C. The number of benzene rings is 2. The Balaban J connectivity index is 1.45. The van der Waals surface area contributed by atoms with E-state index in [-0.39, 0.29) is 12.0 Å². The van der Waals surface area contributed by atoms with Gasteiger partial charge in [-0.25, -0.2) is 0 Å². The monoisotopic (exact) mass is 398 g/mol. The van der Waals surface area contributed by atoms with Crippen LogP contribution in [0.25, 0.3) is 10.9 Å². The van der Waals surface area contributed by atoms with Crippen LogP contribution in [0, 0.1) is 0 Å². The second-order valence-corrected chi connectivity index (χ2v) is 7.54. The molecule has 146 valence electrons. The van der Waals surface area contributed by atoms with E-state index in [1.54, 1.807) is 7.11 Å². The maximum Gasteiger partial charge on any atom is 0.256 e. The zero-order valence-electron chi connectivity index (χ0n) is 16.0. The third-order valence-electron chi connectivity index (χ3n) is 5.27. The highest BCUT2D eigenvalue weighted by Gasteiger charge is 2.26. The maximum absolute atomic E-state index is 13.1. The number of carbonyl (C=O) groups excluding carboxylic acids is 1. The van der Waals surface area contributed by atoms with Crippen molar-refractivity contribution < 1.29 is 14.3 Å². The van der Waals surface area contributed by atoms with Gasteiger partial charge in [-0.2, -0.15) is 0 Å². The molecule has 0 bridgehead atoms. The smallest absolute Gasteiger partial charge is 0.256 e. The van der Waals surface area contributed by atoms with Crippen molar-refractivity contribution in [3.8, 4) is 11.5 Å². The van der Waals surface area contributed by atoms with Crippen LogP contribution in [0.5, 0.6) is 11.5 Å². The first kappa shape index (κ1) is 18.7. The molecule has 0 radical (unpaired) electrons. The Morgan fingerprint density at radius 1 is 1.07 bits per heavy atom. The second-order valence-electron chi connectivity index (χ2n) is 7.10. The van der Waals surface area contributed by atoms with E-state index >= 15 is 0 Å². The van der Waals surface area contributed by atoms with Crippen molar-refractivity contribution in [1.29, 1.82) is 0 Å². The molecule has 6 heteroatoms. The number of amides is 1. The number of aromatic nitrogens is 1. The number of aryl methyl sites for hydroxylation is 1. The Hall–Kier alpha value is -2.66. The first-order valence-electron chi connectivity index (χ1n) is 9.39. The number of rotatable bonds is 4. The molecule has 1 aliphatic heterocycles. The van der Waals surface area contributed by atoms with Gasteiger partial charge in [-0.15, -0.1) is 0 Å². The van der Waals surface area contributed by atoms with Crippen molar-refractivity contribution in [3.63, 3.8) is 0 Å². The molecule has 0 unspecified atom stereocenters. The molecule has 1 fully saturated rings. The van der Waals surface area contributed by atoms with Crippen LogP contribution in [-0.2, 0) is 7.05 Å². The average molecular weight is 399 g/mol. The lowest BCUT2D eigenvalue weighted by Crippen LogP contribution is -2.41. The lowest BCUT2D eigenvalue weighted by molar-refractivity contribution is 0.0597. The van der Waals surface area contributed by atoms with Gasteiger partial charge in [0.05, 0.1) is 12.7 Å². The van der Waals surface area contributed by atoms with E-state index in [0.29, 0.717) is 23.7 Å². The third kappa shape index (κ3) is 3.67. The number of carbonyl (C=O) groups is 1. The van der Waals surface area contributed by atoms with Gasteiger partial charge in [0.25, 0.3) is 5.91 Å². The Bertz CT molecular complexity index is 989. The Kier molecular flexibility index (Phi) is 5.18.